The number of hydrogen-bond acceptors (Lipinski definition) is 6. The lowest BCUT2D eigenvalue weighted by molar-refractivity contribution is 0.483. The van der Waals surface area contributed by atoms with E-state index in [0.29, 0.717) is 11.8 Å². The first-order valence-electron chi connectivity index (χ1n) is 9.93. The summed E-state index contributed by atoms with van der Waals surface area (Å²) in [6, 6.07) is 26.1. The largest absolute Gasteiger partial charge is 0.457 e. The molecule has 0 bridgehead atoms. The maximum absolute atomic E-state index is 5.84. The predicted octanol–water partition coefficient (Wildman–Crippen LogP) is 5.49. The summed E-state index contributed by atoms with van der Waals surface area (Å²) >= 11 is 0. The number of para-hydroxylation sites is 2. The Hall–Kier alpha value is -3.93. The molecule has 6 nitrogen and oxygen atoms in total. The quantitative estimate of drug-likeness (QED) is 0.482. The molecule has 1 aliphatic rings. The third-order valence-corrected chi connectivity index (χ3v) is 5.08. The molecule has 0 fully saturated rings. The van der Waals surface area contributed by atoms with Gasteiger partial charge in [0.2, 0.25) is 0 Å². The summed E-state index contributed by atoms with van der Waals surface area (Å²) in [6.07, 6.45) is 2.60. The van der Waals surface area contributed by atoms with E-state index in [0.717, 1.165) is 29.3 Å². The van der Waals surface area contributed by atoms with Crippen molar-refractivity contribution >= 4 is 23.1 Å². The topological polar surface area (TPSA) is 63.2 Å². The Bertz CT molecular complexity index is 1150. The number of ether oxygens (including phenoxy) is 1. The van der Waals surface area contributed by atoms with Crippen molar-refractivity contribution in [3.63, 3.8) is 0 Å². The van der Waals surface area contributed by atoms with Gasteiger partial charge in [-0.2, -0.15) is 10.1 Å². The van der Waals surface area contributed by atoms with Gasteiger partial charge in [-0.15, -0.1) is 5.10 Å². The van der Waals surface area contributed by atoms with E-state index in [1.54, 1.807) is 6.20 Å². The Morgan fingerprint density at radius 3 is 2.47 bits per heavy atom. The fraction of sp³-hybridized carbons (Fsp3) is 0.125. The summed E-state index contributed by atoms with van der Waals surface area (Å²) in [4.78, 5) is 6.84. The van der Waals surface area contributed by atoms with Crippen molar-refractivity contribution in [1.82, 2.24) is 15.2 Å². The average molecular weight is 395 g/mol. The lowest BCUT2D eigenvalue weighted by Crippen LogP contribution is -2.26. The van der Waals surface area contributed by atoms with Crippen LogP contribution in [0.15, 0.2) is 85.1 Å². The SMILES string of the molecule is CC1Cc2ccccc2N1c1nncc(Nc2ccc(Oc3ccccc3)cc2)n1. The number of anilines is 4. The summed E-state index contributed by atoms with van der Waals surface area (Å²) in [5, 5.41) is 11.7. The van der Waals surface area contributed by atoms with E-state index in [9.17, 15) is 0 Å². The van der Waals surface area contributed by atoms with Crippen LogP contribution in [-0.2, 0) is 6.42 Å². The van der Waals surface area contributed by atoms with Crippen LogP contribution < -0.4 is 15.0 Å². The molecule has 5 rings (SSSR count). The van der Waals surface area contributed by atoms with Crippen LogP contribution in [0.4, 0.5) is 23.1 Å². The predicted molar refractivity (Wildman–Crippen MR) is 118 cm³/mol. The van der Waals surface area contributed by atoms with Crippen LogP contribution in [-0.4, -0.2) is 21.2 Å². The Kier molecular flexibility index (Phi) is 4.73. The number of fused-ring (bicyclic) bond motifs is 1. The first-order valence-corrected chi connectivity index (χ1v) is 9.93. The smallest absolute Gasteiger partial charge is 0.252 e. The number of rotatable bonds is 5. The van der Waals surface area contributed by atoms with Crippen LogP contribution in [0.1, 0.15) is 12.5 Å². The van der Waals surface area contributed by atoms with Crippen LogP contribution in [0.3, 0.4) is 0 Å². The third kappa shape index (κ3) is 3.67. The number of nitrogens with one attached hydrogen (secondary N) is 1. The number of nitrogens with zero attached hydrogens (tertiary/aromatic N) is 4. The molecule has 0 saturated heterocycles. The maximum atomic E-state index is 5.84. The Balaban J connectivity index is 1.33. The molecule has 148 valence electrons. The molecule has 3 aromatic carbocycles. The van der Waals surface area contributed by atoms with Crippen molar-refractivity contribution in [2.45, 2.75) is 19.4 Å². The van der Waals surface area contributed by atoms with E-state index in [4.69, 9.17) is 9.72 Å². The van der Waals surface area contributed by atoms with Gasteiger partial charge in [-0.3, -0.25) is 0 Å². The first kappa shape index (κ1) is 18.1. The second kappa shape index (κ2) is 7.83. The maximum Gasteiger partial charge on any atom is 0.252 e. The van der Waals surface area contributed by atoms with Gasteiger partial charge in [0, 0.05) is 17.4 Å². The second-order valence-corrected chi connectivity index (χ2v) is 7.26. The van der Waals surface area contributed by atoms with E-state index in [2.05, 4.69) is 45.5 Å². The van der Waals surface area contributed by atoms with Gasteiger partial charge in [-0.05, 0) is 61.4 Å². The minimum Gasteiger partial charge on any atom is -0.457 e. The fourth-order valence-corrected chi connectivity index (χ4v) is 3.71. The minimum atomic E-state index is 0.286. The van der Waals surface area contributed by atoms with Crippen LogP contribution >= 0.6 is 0 Å². The Morgan fingerprint density at radius 2 is 1.63 bits per heavy atom. The van der Waals surface area contributed by atoms with E-state index in [-0.39, 0.29) is 6.04 Å². The van der Waals surface area contributed by atoms with Gasteiger partial charge >= 0.3 is 0 Å². The molecule has 4 aromatic rings. The van der Waals surface area contributed by atoms with Crippen molar-refractivity contribution in [2.75, 3.05) is 10.2 Å². The Labute approximate surface area is 175 Å². The van der Waals surface area contributed by atoms with Crippen molar-refractivity contribution in [3.05, 3.63) is 90.6 Å². The summed E-state index contributed by atoms with van der Waals surface area (Å²) in [6.45, 7) is 2.18. The third-order valence-electron chi connectivity index (χ3n) is 5.08. The highest BCUT2D eigenvalue weighted by Gasteiger charge is 2.29. The molecule has 1 aromatic heterocycles. The normalized spacial score (nSPS) is 15.0. The van der Waals surface area contributed by atoms with Gasteiger partial charge in [-0.1, -0.05) is 36.4 Å². The minimum absolute atomic E-state index is 0.286. The summed E-state index contributed by atoms with van der Waals surface area (Å²) in [5.74, 6) is 2.83. The highest BCUT2D eigenvalue weighted by Crippen LogP contribution is 2.36. The van der Waals surface area contributed by atoms with Crippen molar-refractivity contribution < 1.29 is 4.74 Å². The van der Waals surface area contributed by atoms with Crippen LogP contribution in [0.25, 0.3) is 0 Å². The molecule has 1 N–H and O–H groups in total. The van der Waals surface area contributed by atoms with Crippen LogP contribution in [0.2, 0.25) is 0 Å². The molecule has 0 aliphatic carbocycles. The standard InChI is InChI=1S/C24H21N5O/c1-17-15-18-7-5-6-10-22(18)29(17)24-27-23(16-25-28-24)26-19-11-13-21(14-12-19)30-20-8-3-2-4-9-20/h2-14,16-17H,15H2,1H3,(H,26,27,28). The zero-order chi connectivity index (χ0) is 20.3. The zero-order valence-corrected chi connectivity index (χ0v) is 16.6. The van der Waals surface area contributed by atoms with Gasteiger partial charge in [0.05, 0.1) is 6.20 Å². The molecule has 0 saturated carbocycles. The molecule has 1 atom stereocenters. The van der Waals surface area contributed by atoms with Crippen molar-refractivity contribution in [3.8, 4) is 11.5 Å². The van der Waals surface area contributed by atoms with Gasteiger partial charge < -0.3 is 15.0 Å². The number of hydrogen-bond donors (Lipinski definition) is 1. The molecule has 1 unspecified atom stereocenters. The van der Waals surface area contributed by atoms with E-state index >= 15 is 0 Å². The molecule has 0 amide bonds. The molecular formula is C24H21N5O. The summed E-state index contributed by atoms with van der Waals surface area (Å²) in [5.41, 5.74) is 3.35. The molecule has 30 heavy (non-hydrogen) atoms. The first-order chi connectivity index (χ1) is 14.8. The Morgan fingerprint density at radius 1 is 0.900 bits per heavy atom. The molecular weight excluding hydrogens is 374 g/mol. The van der Waals surface area contributed by atoms with Gasteiger partial charge in [0.15, 0.2) is 5.82 Å². The lowest BCUT2D eigenvalue weighted by atomic mass is 10.1. The van der Waals surface area contributed by atoms with Crippen LogP contribution in [0, 0.1) is 0 Å². The highest BCUT2D eigenvalue weighted by molar-refractivity contribution is 5.68. The van der Waals surface area contributed by atoms with Gasteiger partial charge in [0.25, 0.3) is 5.95 Å². The van der Waals surface area contributed by atoms with E-state index < -0.39 is 0 Å². The van der Waals surface area contributed by atoms with Crippen molar-refractivity contribution in [1.29, 1.82) is 0 Å². The van der Waals surface area contributed by atoms with Crippen LogP contribution in [0.5, 0.6) is 11.5 Å². The molecule has 1 aliphatic heterocycles. The molecule has 0 spiro atoms. The number of benzene rings is 3. The fourth-order valence-electron chi connectivity index (χ4n) is 3.71. The highest BCUT2D eigenvalue weighted by atomic mass is 16.5. The monoisotopic (exact) mass is 395 g/mol. The number of aromatic nitrogens is 3. The second-order valence-electron chi connectivity index (χ2n) is 7.26. The lowest BCUT2D eigenvalue weighted by Gasteiger charge is -2.22. The van der Waals surface area contributed by atoms with Gasteiger partial charge in [0.1, 0.15) is 11.5 Å². The molecule has 6 heteroatoms. The molecule has 0 radical (unpaired) electrons. The summed E-state index contributed by atoms with van der Waals surface area (Å²) in [7, 11) is 0. The van der Waals surface area contributed by atoms with E-state index in [1.165, 1.54) is 5.56 Å². The zero-order valence-electron chi connectivity index (χ0n) is 16.6. The van der Waals surface area contributed by atoms with Gasteiger partial charge in [-0.25, -0.2) is 0 Å². The summed E-state index contributed by atoms with van der Waals surface area (Å²) < 4.78 is 5.84. The molecule has 2 heterocycles. The van der Waals surface area contributed by atoms with Crippen molar-refractivity contribution in [2.24, 2.45) is 0 Å². The van der Waals surface area contributed by atoms with E-state index in [1.807, 2.05) is 60.7 Å². The average Bonchev–Trinajstić information content (AvgIpc) is 3.12.